The molecule has 2 rings (SSSR count). The van der Waals surface area contributed by atoms with Gasteiger partial charge in [0.25, 0.3) is 0 Å². The lowest BCUT2D eigenvalue weighted by atomic mass is 9.75. The third-order valence-electron chi connectivity index (χ3n) is 4.09. The Hall–Kier alpha value is -0.0900. The summed E-state index contributed by atoms with van der Waals surface area (Å²) in [5, 5.41) is 4.49. The molecule has 1 aliphatic rings. The lowest BCUT2D eigenvalue weighted by Crippen LogP contribution is -2.47. The first-order chi connectivity index (χ1) is 9.34. The van der Waals surface area contributed by atoms with Crippen molar-refractivity contribution in [2.45, 2.75) is 49.3 Å². The predicted octanol–water partition coefficient (Wildman–Crippen LogP) is 4.27. The largest absolute Gasteiger partial charge is 0.316 e. The first-order valence-corrected chi connectivity index (χ1v) is 8.84. The summed E-state index contributed by atoms with van der Waals surface area (Å²) in [5.74, 6) is 0. The van der Waals surface area contributed by atoms with E-state index in [2.05, 4.69) is 19.2 Å². The summed E-state index contributed by atoms with van der Waals surface area (Å²) in [7, 11) is 0.790. The molecule has 3 atom stereocenters. The first-order valence-electron chi connectivity index (χ1n) is 6.87. The Morgan fingerprint density at radius 3 is 2.70 bits per heavy atom. The van der Waals surface area contributed by atoms with Crippen LogP contribution in [0, 0.1) is 5.41 Å². The lowest BCUT2D eigenvalue weighted by Gasteiger charge is -2.40. The second-order valence-electron chi connectivity index (χ2n) is 6.21. The molecule has 1 aromatic rings. The maximum atomic E-state index is 13.0. The highest BCUT2D eigenvalue weighted by Crippen LogP contribution is 2.39. The standard InChI is InChI=1S/C15H21Cl2NOS/c1-15(2)7-6-12(18-3)14(9-15)20(19)13-8-10(16)4-5-11(13)17/h4-5,8,12,14,18H,6-7,9H2,1-3H3. The van der Waals surface area contributed by atoms with Crippen molar-refractivity contribution in [3.8, 4) is 0 Å². The molecule has 0 saturated heterocycles. The van der Waals surface area contributed by atoms with Gasteiger partial charge >= 0.3 is 0 Å². The number of hydrogen-bond donors (Lipinski definition) is 1. The molecule has 0 bridgehead atoms. The van der Waals surface area contributed by atoms with Gasteiger partial charge in [-0.05, 0) is 49.9 Å². The molecule has 1 fully saturated rings. The highest BCUT2D eigenvalue weighted by Gasteiger charge is 2.38. The van der Waals surface area contributed by atoms with Gasteiger partial charge in [-0.2, -0.15) is 0 Å². The highest BCUT2D eigenvalue weighted by molar-refractivity contribution is 7.85. The van der Waals surface area contributed by atoms with Crippen LogP contribution in [0.2, 0.25) is 10.0 Å². The van der Waals surface area contributed by atoms with Gasteiger partial charge in [0.2, 0.25) is 0 Å². The van der Waals surface area contributed by atoms with Crippen LogP contribution in [0.3, 0.4) is 0 Å². The van der Waals surface area contributed by atoms with E-state index in [0.29, 0.717) is 14.9 Å². The van der Waals surface area contributed by atoms with Crippen LogP contribution >= 0.6 is 23.2 Å². The third-order valence-corrected chi connectivity index (χ3v) is 6.58. The van der Waals surface area contributed by atoms with Crippen molar-refractivity contribution in [3.05, 3.63) is 28.2 Å². The van der Waals surface area contributed by atoms with E-state index in [4.69, 9.17) is 23.2 Å². The van der Waals surface area contributed by atoms with Crippen molar-refractivity contribution in [1.29, 1.82) is 0 Å². The van der Waals surface area contributed by atoms with Crippen molar-refractivity contribution in [3.63, 3.8) is 0 Å². The van der Waals surface area contributed by atoms with Crippen LogP contribution in [0.1, 0.15) is 33.1 Å². The Morgan fingerprint density at radius 2 is 2.05 bits per heavy atom. The van der Waals surface area contributed by atoms with Gasteiger partial charge in [0.05, 0.1) is 26.0 Å². The molecule has 0 amide bonds. The first kappa shape index (κ1) is 16.3. The fraction of sp³-hybridized carbons (Fsp3) is 0.600. The Balaban J connectivity index is 2.31. The highest BCUT2D eigenvalue weighted by atomic mass is 35.5. The smallest absolute Gasteiger partial charge is 0.0592 e. The van der Waals surface area contributed by atoms with E-state index < -0.39 is 10.8 Å². The monoisotopic (exact) mass is 333 g/mol. The number of halogens is 2. The molecule has 2 nitrogen and oxygen atoms in total. The van der Waals surface area contributed by atoms with Gasteiger partial charge in [0.1, 0.15) is 0 Å². The average molecular weight is 334 g/mol. The van der Waals surface area contributed by atoms with E-state index in [1.165, 1.54) is 0 Å². The lowest BCUT2D eigenvalue weighted by molar-refractivity contribution is 0.216. The van der Waals surface area contributed by atoms with E-state index >= 15 is 0 Å². The van der Waals surface area contributed by atoms with Gasteiger partial charge in [-0.3, -0.25) is 4.21 Å². The maximum absolute atomic E-state index is 13.0. The normalized spacial score (nSPS) is 27.2. The number of nitrogens with one attached hydrogen (secondary N) is 1. The summed E-state index contributed by atoms with van der Waals surface area (Å²) < 4.78 is 13.0. The van der Waals surface area contributed by atoms with Gasteiger partial charge in [-0.25, -0.2) is 0 Å². The predicted molar refractivity (Wildman–Crippen MR) is 87.1 cm³/mol. The van der Waals surface area contributed by atoms with E-state index in [1.807, 2.05) is 7.05 Å². The fourth-order valence-electron chi connectivity index (χ4n) is 2.87. The summed E-state index contributed by atoms with van der Waals surface area (Å²) in [6, 6.07) is 5.44. The summed E-state index contributed by atoms with van der Waals surface area (Å²) in [6.07, 6.45) is 3.11. The van der Waals surface area contributed by atoms with Crippen molar-refractivity contribution in [1.82, 2.24) is 5.32 Å². The molecule has 1 N–H and O–H groups in total. The molecule has 3 unspecified atom stereocenters. The zero-order chi connectivity index (χ0) is 14.9. The molecule has 0 spiro atoms. The molecule has 1 saturated carbocycles. The van der Waals surface area contributed by atoms with Gasteiger partial charge in [0.15, 0.2) is 0 Å². The van der Waals surface area contributed by atoms with E-state index in [0.717, 1.165) is 19.3 Å². The number of benzene rings is 1. The minimum Gasteiger partial charge on any atom is -0.316 e. The number of hydrogen-bond acceptors (Lipinski definition) is 2. The second kappa shape index (κ2) is 6.35. The Kier molecular flexibility index (Phi) is 5.17. The summed E-state index contributed by atoms with van der Waals surface area (Å²) >= 11 is 12.2. The van der Waals surface area contributed by atoms with E-state index in [-0.39, 0.29) is 16.7 Å². The molecule has 0 aromatic heterocycles. The molecule has 112 valence electrons. The topological polar surface area (TPSA) is 29.1 Å². The quantitative estimate of drug-likeness (QED) is 0.894. The van der Waals surface area contributed by atoms with E-state index in [9.17, 15) is 4.21 Å². The number of rotatable bonds is 3. The van der Waals surface area contributed by atoms with Gasteiger partial charge in [-0.1, -0.05) is 37.0 Å². The van der Waals surface area contributed by atoms with Gasteiger partial charge in [0, 0.05) is 11.1 Å². The molecule has 1 aliphatic carbocycles. The SMILES string of the molecule is CNC1CCC(C)(C)CC1S(=O)c1cc(Cl)ccc1Cl. The third kappa shape index (κ3) is 3.56. The van der Waals surface area contributed by atoms with Gasteiger partial charge in [-0.15, -0.1) is 0 Å². The zero-order valence-electron chi connectivity index (χ0n) is 12.1. The molecule has 20 heavy (non-hydrogen) atoms. The van der Waals surface area contributed by atoms with Crippen LogP contribution in [-0.2, 0) is 10.8 Å². The minimum atomic E-state index is -1.15. The Bertz CT molecular complexity index is 519. The van der Waals surface area contributed by atoms with Crippen LogP contribution in [0.4, 0.5) is 0 Å². The van der Waals surface area contributed by atoms with Crippen LogP contribution in [-0.4, -0.2) is 22.5 Å². The summed E-state index contributed by atoms with van der Waals surface area (Å²) in [5.41, 5.74) is 0.221. The van der Waals surface area contributed by atoms with Gasteiger partial charge < -0.3 is 5.32 Å². The zero-order valence-corrected chi connectivity index (χ0v) is 14.4. The van der Waals surface area contributed by atoms with Crippen LogP contribution in [0.25, 0.3) is 0 Å². The maximum Gasteiger partial charge on any atom is 0.0592 e. The fourth-order valence-corrected chi connectivity index (χ4v) is 5.46. The van der Waals surface area contributed by atoms with Crippen molar-refractivity contribution >= 4 is 34.0 Å². The molecular formula is C15H21Cl2NOS. The molecule has 0 heterocycles. The van der Waals surface area contributed by atoms with Crippen molar-refractivity contribution < 1.29 is 4.21 Å². The van der Waals surface area contributed by atoms with Crippen molar-refractivity contribution in [2.24, 2.45) is 5.41 Å². The Morgan fingerprint density at radius 1 is 1.35 bits per heavy atom. The van der Waals surface area contributed by atoms with Crippen molar-refractivity contribution in [2.75, 3.05) is 7.05 Å². The Labute approximate surface area is 133 Å². The molecule has 0 aliphatic heterocycles. The molecule has 5 heteroatoms. The van der Waals surface area contributed by atoms with E-state index in [1.54, 1.807) is 18.2 Å². The molecule has 1 aromatic carbocycles. The van der Waals surface area contributed by atoms with Crippen LogP contribution < -0.4 is 5.32 Å². The van der Waals surface area contributed by atoms with Crippen LogP contribution in [0.5, 0.6) is 0 Å². The minimum absolute atomic E-state index is 0.0692. The molecule has 0 radical (unpaired) electrons. The molecular weight excluding hydrogens is 313 g/mol. The summed E-state index contributed by atoms with van der Waals surface area (Å²) in [6.45, 7) is 4.48. The average Bonchev–Trinajstić information content (AvgIpc) is 2.40. The second-order valence-corrected chi connectivity index (χ2v) is 8.70. The van der Waals surface area contributed by atoms with Crippen LogP contribution in [0.15, 0.2) is 23.1 Å². The summed E-state index contributed by atoms with van der Waals surface area (Å²) in [4.78, 5) is 0.655.